The van der Waals surface area contributed by atoms with Gasteiger partial charge in [-0.3, -0.25) is 18.7 Å². The highest BCUT2D eigenvalue weighted by molar-refractivity contribution is 7.71. The second kappa shape index (κ2) is 8.29. The summed E-state index contributed by atoms with van der Waals surface area (Å²) in [5.41, 5.74) is 1.06. The van der Waals surface area contributed by atoms with Crippen LogP contribution < -0.4 is 5.56 Å². The van der Waals surface area contributed by atoms with Crippen LogP contribution in [0.2, 0.25) is 5.02 Å². The van der Waals surface area contributed by atoms with E-state index in [9.17, 15) is 9.18 Å². The highest BCUT2D eigenvalue weighted by Gasteiger charge is 2.17. The third-order valence-corrected chi connectivity index (χ3v) is 5.74. The van der Waals surface area contributed by atoms with Gasteiger partial charge in [-0.1, -0.05) is 36.7 Å². The first-order valence-corrected chi connectivity index (χ1v) is 10.4. The van der Waals surface area contributed by atoms with E-state index in [1.807, 2.05) is 41.5 Å². The summed E-state index contributed by atoms with van der Waals surface area (Å²) in [4.78, 5) is 14.9. The van der Waals surface area contributed by atoms with E-state index in [1.54, 1.807) is 27.4 Å². The molecule has 2 heterocycles. The molecule has 4 rings (SSSR count). The van der Waals surface area contributed by atoms with Crippen molar-refractivity contribution in [3.8, 4) is 0 Å². The highest BCUT2D eigenvalue weighted by Crippen LogP contribution is 2.21. The van der Waals surface area contributed by atoms with Crippen LogP contribution in [0.4, 0.5) is 4.39 Å². The van der Waals surface area contributed by atoms with E-state index >= 15 is 0 Å². The summed E-state index contributed by atoms with van der Waals surface area (Å²) in [5.74, 6) is 0.151. The molecular formula is C21H21ClFN5OS. The first kappa shape index (κ1) is 20.7. The van der Waals surface area contributed by atoms with E-state index in [0.29, 0.717) is 46.3 Å². The number of para-hydroxylation sites is 1. The third kappa shape index (κ3) is 3.55. The Bertz CT molecular complexity index is 1340. The van der Waals surface area contributed by atoms with Gasteiger partial charge in [0.05, 0.1) is 17.6 Å². The topological polar surface area (TPSA) is 47.5 Å². The zero-order valence-electron chi connectivity index (χ0n) is 16.7. The van der Waals surface area contributed by atoms with Crippen LogP contribution in [-0.2, 0) is 19.8 Å². The molecule has 0 bridgehead atoms. The smallest absolute Gasteiger partial charge is 0.262 e. The van der Waals surface area contributed by atoms with Crippen molar-refractivity contribution in [3.05, 3.63) is 74.0 Å². The predicted octanol–water partition coefficient (Wildman–Crippen LogP) is 4.47. The van der Waals surface area contributed by atoms with Crippen LogP contribution in [0.25, 0.3) is 16.7 Å². The van der Waals surface area contributed by atoms with Crippen molar-refractivity contribution in [2.75, 3.05) is 7.05 Å². The number of aryl methyl sites for hydroxylation is 1. The summed E-state index contributed by atoms with van der Waals surface area (Å²) in [7, 11) is 1.84. The van der Waals surface area contributed by atoms with Gasteiger partial charge in [-0.05, 0) is 50.0 Å². The molecule has 0 atom stereocenters. The number of aromatic nitrogens is 4. The molecule has 30 heavy (non-hydrogen) atoms. The molecule has 0 unspecified atom stereocenters. The van der Waals surface area contributed by atoms with Gasteiger partial charge in [0.15, 0.2) is 0 Å². The lowest BCUT2D eigenvalue weighted by molar-refractivity contribution is 0.241. The monoisotopic (exact) mass is 445 g/mol. The minimum absolute atomic E-state index is 0.0846. The van der Waals surface area contributed by atoms with Crippen molar-refractivity contribution in [3.63, 3.8) is 0 Å². The second-order valence-corrected chi connectivity index (χ2v) is 8.02. The van der Waals surface area contributed by atoms with E-state index in [1.165, 1.54) is 6.07 Å². The number of halogens is 2. The van der Waals surface area contributed by atoms with Gasteiger partial charge in [-0.25, -0.2) is 9.07 Å². The first-order valence-electron chi connectivity index (χ1n) is 9.65. The highest BCUT2D eigenvalue weighted by atomic mass is 35.5. The van der Waals surface area contributed by atoms with Crippen LogP contribution in [0.15, 0.2) is 47.3 Å². The number of hydrogen-bond acceptors (Lipinski definition) is 4. The van der Waals surface area contributed by atoms with Crippen LogP contribution >= 0.6 is 23.8 Å². The Morgan fingerprint density at radius 3 is 2.70 bits per heavy atom. The minimum atomic E-state index is -0.351. The Morgan fingerprint density at radius 1 is 1.20 bits per heavy atom. The maximum atomic E-state index is 14.2. The summed E-state index contributed by atoms with van der Waals surface area (Å²) in [5, 5.41) is 5.61. The molecule has 4 aromatic rings. The molecule has 2 aromatic carbocycles. The van der Waals surface area contributed by atoms with Crippen LogP contribution in [0.1, 0.15) is 18.9 Å². The lowest BCUT2D eigenvalue weighted by Gasteiger charge is -2.17. The van der Waals surface area contributed by atoms with Gasteiger partial charge in [-0.15, -0.1) is 5.10 Å². The average Bonchev–Trinajstić information content (AvgIpc) is 3.04. The summed E-state index contributed by atoms with van der Waals surface area (Å²) in [6.45, 7) is 3.17. The largest absolute Gasteiger partial charge is 0.283 e. The lowest BCUT2D eigenvalue weighted by atomic mass is 10.2. The van der Waals surface area contributed by atoms with E-state index in [0.717, 1.165) is 11.9 Å². The van der Waals surface area contributed by atoms with Gasteiger partial charge in [0.25, 0.3) is 5.56 Å². The Hall–Kier alpha value is -2.55. The number of rotatable bonds is 6. The molecular weight excluding hydrogens is 425 g/mol. The zero-order chi connectivity index (χ0) is 21.4. The Labute approximate surface area is 182 Å². The molecule has 2 aromatic heterocycles. The summed E-state index contributed by atoms with van der Waals surface area (Å²) >= 11 is 11.9. The quantitative estimate of drug-likeness (QED) is 0.411. The van der Waals surface area contributed by atoms with Crippen molar-refractivity contribution in [1.82, 2.24) is 23.6 Å². The molecule has 0 aliphatic carbocycles. The number of nitrogens with zero attached hydrogens (tertiary/aromatic N) is 5. The maximum Gasteiger partial charge on any atom is 0.262 e. The van der Waals surface area contributed by atoms with Crippen molar-refractivity contribution in [2.45, 2.75) is 33.1 Å². The lowest BCUT2D eigenvalue weighted by Crippen LogP contribution is -2.24. The summed E-state index contributed by atoms with van der Waals surface area (Å²) < 4.78 is 19.8. The van der Waals surface area contributed by atoms with E-state index < -0.39 is 0 Å². The van der Waals surface area contributed by atoms with Crippen molar-refractivity contribution >= 4 is 40.5 Å². The molecule has 0 N–H and O–H groups in total. The molecule has 0 fully saturated rings. The van der Waals surface area contributed by atoms with E-state index in [4.69, 9.17) is 23.8 Å². The number of fused-ring (bicyclic) bond motifs is 3. The SMILES string of the molecule is CCCn1c(=O)c2ccccc2n2c(=S)n(CN(C)Cc3c(F)cccc3Cl)nc12. The Kier molecular flexibility index (Phi) is 5.73. The van der Waals surface area contributed by atoms with Gasteiger partial charge in [0.2, 0.25) is 10.5 Å². The standard InChI is InChI=1S/C21H21ClFN5OS/c1-3-11-26-19(29)14-7-4-5-10-18(14)28-20(26)24-27(21(28)30)13-25(2)12-15-16(22)8-6-9-17(15)23/h4-10H,3,11-13H2,1-2H3. The molecule has 0 amide bonds. The molecule has 6 nitrogen and oxygen atoms in total. The molecule has 0 spiro atoms. The molecule has 0 aliphatic rings. The fourth-order valence-electron chi connectivity index (χ4n) is 3.62. The van der Waals surface area contributed by atoms with Crippen molar-refractivity contribution < 1.29 is 4.39 Å². The van der Waals surface area contributed by atoms with Gasteiger partial charge < -0.3 is 0 Å². The van der Waals surface area contributed by atoms with Crippen molar-refractivity contribution in [2.24, 2.45) is 0 Å². The second-order valence-electron chi connectivity index (χ2n) is 7.25. The predicted molar refractivity (Wildman–Crippen MR) is 119 cm³/mol. The van der Waals surface area contributed by atoms with Crippen LogP contribution in [-0.4, -0.2) is 30.7 Å². The zero-order valence-corrected chi connectivity index (χ0v) is 18.3. The molecule has 156 valence electrons. The van der Waals surface area contributed by atoms with Crippen LogP contribution in [0.5, 0.6) is 0 Å². The number of benzene rings is 2. The molecule has 0 radical (unpaired) electrons. The van der Waals surface area contributed by atoms with Crippen LogP contribution in [0.3, 0.4) is 0 Å². The Morgan fingerprint density at radius 2 is 1.97 bits per heavy atom. The van der Waals surface area contributed by atoms with Gasteiger partial charge in [0.1, 0.15) is 5.82 Å². The molecule has 0 saturated carbocycles. The molecule has 9 heteroatoms. The van der Waals surface area contributed by atoms with Gasteiger partial charge in [-0.2, -0.15) is 0 Å². The Balaban J connectivity index is 1.80. The maximum absolute atomic E-state index is 14.2. The molecule has 0 saturated heterocycles. The van der Waals surface area contributed by atoms with Gasteiger partial charge in [0, 0.05) is 23.7 Å². The van der Waals surface area contributed by atoms with E-state index in [2.05, 4.69) is 5.10 Å². The van der Waals surface area contributed by atoms with Crippen LogP contribution in [0, 0.1) is 10.6 Å². The fraction of sp³-hybridized carbons (Fsp3) is 0.286. The fourth-order valence-corrected chi connectivity index (χ4v) is 4.12. The summed E-state index contributed by atoms with van der Waals surface area (Å²) in [6.07, 6.45) is 0.791. The minimum Gasteiger partial charge on any atom is -0.283 e. The van der Waals surface area contributed by atoms with Gasteiger partial charge >= 0.3 is 0 Å². The average molecular weight is 446 g/mol. The normalized spacial score (nSPS) is 11.8. The number of hydrogen-bond donors (Lipinski definition) is 0. The first-order chi connectivity index (χ1) is 14.4. The third-order valence-electron chi connectivity index (χ3n) is 5.00. The van der Waals surface area contributed by atoms with Crippen molar-refractivity contribution in [1.29, 1.82) is 0 Å². The summed E-state index contributed by atoms with van der Waals surface area (Å²) in [6, 6.07) is 12.0. The van der Waals surface area contributed by atoms with E-state index in [-0.39, 0.29) is 11.4 Å². The molecule has 0 aliphatic heterocycles.